The van der Waals surface area contributed by atoms with Crippen LogP contribution in [0.25, 0.3) is 0 Å². The molecule has 1 aromatic heterocycles. The topological polar surface area (TPSA) is 100 Å². The number of benzene rings is 2. The second kappa shape index (κ2) is 8.01. The first-order valence-corrected chi connectivity index (χ1v) is 8.16. The molecule has 0 saturated carbocycles. The Labute approximate surface area is 155 Å². The lowest BCUT2D eigenvalue weighted by Crippen LogP contribution is -2.41. The van der Waals surface area contributed by atoms with Gasteiger partial charge in [0.05, 0.1) is 17.5 Å². The molecule has 0 fully saturated rings. The van der Waals surface area contributed by atoms with Crippen LogP contribution >= 0.6 is 0 Å². The number of furan rings is 1. The zero-order valence-electron chi connectivity index (χ0n) is 14.5. The Balaban J connectivity index is 1.69. The van der Waals surface area contributed by atoms with Gasteiger partial charge in [0.15, 0.2) is 5.76 Å². The SMILES string of the molecule is Cc1ccc(C(=O)Nc2ccccc2C(=O)NNC(=O)c2ccco2)cc1. The van der Waals surface area contributed by atoms with Crippen LogP contribution in [-0.2, 0) is 0 Å². The van der Waals surface area contributed by atoms with Crippen LogP contribution in [0.4, 0.5) is 5.69 Å². The molecule has 0 radical (unpaired) electrons. The molecule has 27 heavy (non-hydrogen) atoms. The van der Waals surface area contributed by atoms with E-state index in [0.717, 1.165) is 5.56 Å². The van der Waals surface area contributed by atoms with E-state index in [1.54, 1.807) is 42.5 Å². The largest absolute Gasteiger partial charge is 0.459 e. The Morgan fingerprint density at radius 1 is 0.778 bits per heavy atom. The molecule has 0 atom stereocenters. The first-order valence-electron chi connectivity index (χ1n) is 8.16. The summed E-state index contributed by atoms with van der Waals surface area (Å²) in [4.78, 5) is 36.6. The fourth-order valence-electron chi connectivity index (χ4n) is 2.34. The van der Waals surface area contributed by atoms with E-state index in [1.807, 2.05) is 19.1 Å². The van der Waals surface area contributed by atoms with E-state index in [-0.39, 0.29) is 17.2 Å². The van der Waals surface area contributed by atoms with Gasteiger partial charge < -0.3 is 9.73 Å². The lowest BCUT2D eigenvalue weighted by molar-refractivity contribution is 0.0831. The highest BCUT2D eigenvalue weighted by atomic mass is 16.3. The third-order valence-electron chi connectivity index (χ3n) is 3.77. The summed E-state index contributed by atoms with van der Waals surface area (Å²) in [5, 5.41) is 2.71. The van der Waals surface area contributed by atoms with Crippen molar-refractivity contribution in [1.29, 1.82) is 0 Å². The number of hydrogen-bond acceptors (Lipinski definition) is 4. The number of carbonyl (C=O) groups is 3. The van der Waals surface area contributed by atoms with Crippen molar-refractivity contribution in [2.45, 2.75) is 6.92 Å². The van der Waals surface area contributed by atoms with Crippen LogP contribution in [0.1, 0.15) is 36.8 Å². The summed E-state index contributed by atoms with van der Waals surface area (Å²) >= 11 is 0. The van der Waals surface area contributed by atoms with Crippen LogP contribution in [0, 0.1) is 6.92 Å². The number of nitrogens with one attached hydrogen (secondary N) is 3. The quantitative estimate of drug-likeness (QED) is 0.621. The highest BCUT2D eigenvalue weighted by molar-refractivity contribution is 6.09. The Morgan fingerprint density at radius 2 is 1.48 bits per heavy atom. The minimum absolute atomic E-state index is 0.0660. The molecule has 3 aromatic rings. The first kappa shape index (κ1) is 17.9. The van der Waals surface area contributed by atoms with Gasteiger partial charge in [-0.3, -0.25) is 25.2 Å². The van der Waals surface area contributed by atoms with E-state index in [9.17, 15) is 14.4 Å². The molecule has 3 N–H and O–H groups in total. The van der Waals surface area contributed by atoms with Crippen LogP contribution < -0.4 is 16.2 Å². The van der Waals surface area contributed by atoms with Crippen molar-refractivity contribution >= 4 is 23.4 Å². The molecule has 7 heteroatoms. The van der Waals surface area contributed by atoms with Gasteiger partial charge in [-0.2, -0.15) is 0 Å². The molecule has 0 bridgehead atoms. The van der Waals surface area contributed by atoms with Crippen molar-refractivity contribution in [3.8, 4) is 0 Å². The van der Waals surface area contributed by atoms with Gasteiger partial charge in [0.1, 0.15) is 0 Å². The summed E-state index contributed by atoms with van der Waals surface area (Å²) in [5.41, 5.74) is 6.60. The number of hydrazine groups is 1. The number of rotatable bonds is 4. The maximum absolute atomic E-state index is 12.4. The van der Waals surface area contributed by atoms with Gasteiger partial charge in [0.25, 0.3) is 11.8 Å². The number of para-hydroxylation sites is 1. The van der Waals surface area contributed by atoms with Gasteiger partial charge in [-0.1, -0.05) is 29.8 Å². The fourth-order valence-corrected chi connectivity index (χ4v) is 2.34. The Kier molecular flexibility index (Phi) is 5.32. The van der Waals surface area contributed by atoms with Crippen LogP contribution in [-0.4, -0.2) is 17.7 Å². The van der Waals surface area contributed by atoms with E-state index >= 15 is 0 Å². The molecule has 0 aliphatic carbocycles. The summed E-state index contributed by atoms with van der Waals surface area (Å²) in [6, 6.07) is 16.6. The summed E-state index contributed by atoms with van der Waals surface area (Å²) in [6.07, 6.45) is 1.35. The summed E-state index contributed by atoms with van der Waals surface area (Å²) in [7, 11) is 0. The molecule has 0 aliphatic heterocycles. The lowest BCUT2D eigenvalue weighted by Gasteiger charge is -2.12. The third kappa shape index (κ3) is 4.40. The van der Waals surface area contributed by atoms with Crippen LogP contribution in [0.3, 0.4) is 0 Å². The van der Waals surface area contributed by atoms with Crippen molar-refractivity contribution in [1.82, 2.24) is 10.9 Å². The van der Waals surface area contributed by atoms with Crippen molar-refractivity contribution in [2.75, 3.05) is 5.32 Å². The maximum Gasteiger partial charge on any atom is 0.305 e. The molecule has 0 aliphatic rings. The van der Waals surface area contributed by atoms with Gasteiger partial charge in [0.2, 0.25) is 0 Å². The van der Waals surface area contributed by atoms with Crippen molar-refractivity contribution in [3.63, 3.8) is 0 Å². The second-order valence-electron chi connectivity index (χ2n) is 5.75. The first-order chi connectivity index (χ1) is 13.0. The minimum atomic E-state index is -0.588. The summed E-state index contributed by atoms with van der Waals surface area (Å²) in [5.74, 6) is -1.43. The Hall–Kier alpha value is -3.87. The molecular formula is C20H17N3O4. The average molecular weight is 363 g/mol. The van der Waals surface area contributed by atoms with Crippen molar-refractivity contribution < 1.29 is 18.8 Å². The monoisotopic (exact) mass is 363 g/mol. The zero-order chi connectivity index (χ0) is 19.2. The molecule has 3 rings (SSSR count). The van der Waals surface area contributed by atoms with Gasteiger partial charge in [-0.25, -0.2) is 0 Å². The summed E-state index contributed by atoms with van der Waals surface area (Å²) < 4.78 is 4.95. The molecule has 0 saturated heterocycles. The standard InChI is InChI=1S/C20H17N3O4/c1-13-8-10-14(11-9-13)18(24)21-16-6-3-2-5-15(16)19(25)22-23-20(26)17-7-4-12-27-17/h2-12H,1H3,(H,21,24)(H,22,25)(H,23,26). The molecule has 0 unspecified atom stereocenters. The van der Waals surface area contributed by atoms with Crippen molar-refractivity contribution in [3.05, 3.63) is 89.4 Å². The number of aryl methyl sites for hydroxylation is 1. The molecule has 7 nitrogen and oxygen atoms in total. The molecule has 0 spiro atoms. The fraction of sp³-hybridized carbons (Fsp3) is 0.0500. The van der Waals surface area contributed by atoms with Gasteiger partial charge in [0, 0.05) is 5.56 Å². The maximum atomic E-state index is 12.4. The number of anilines is 1. The lowest BCUT2D eigenvalue weighted by atomic mass is 10.1. The van der Waals surface area contributed by atoms with Crippen molar-refractivity contribution in [2.24, 2.45) is 0 Å². The van der Waals surface area contributed by atoms with Crippen LogP contribution in [0.2, 0.25) is 0 Å². The number of carbonyl (C=O) groups excluding carboxylic acids is 3. The predicted octanol–water partition coefficient (Wildman–Crippen LogP) is 2.92. The normalized spacial score (nSPS) is 10.1. The van der Waals surface area contributed by atoms with E-state index < -0.39 is 11.8 Å². The molecule has 1 heterocycles. The Bertz CT molecular complexity index is 963. The third-order valence-corrected chi connectivity index (χ3v) is 3.77. The zero-order valence-corrected chi connectivity index (χ0v) is 14.5. The van der Waals surface area contributed by atoms with E-state index in [1.165, 1.54) is 12.3 Å². The van der Waals surface area contributed by atoms with Gasteiger partial charge in [-0.15, -0.1) is 0 Å². The van der Waals surface area contributed by atoms with Crippen LogP contribution in [0.5, 0.6) is 0 Å². The summed E-state index contributed by atoms with van der Waals surface area (Å²) in [6.45, 7) is 1.93. The van der Waals surface area contributed by atoms with Gasteiger partial charge >= 0.3 is 5.91 Å². The van der Waals surface area contributed by atoms with Crippen LogP contribution in [0.15, 0.2) is 71.3 Å². The minimum Gasteiger partial charge on any atom is -0.459 e. The Morgan fingerprint density at radius 3 is 2.19 bits per heavy atom. The van der Waals surface area contributed by atoms with E-state index in [2.05, 4.69) is 16.2 Å². The number of hydrogen-bond donors (Lipinski definition) is 3. The molecule has 2 aromatic carbocycles. The highest BCUT2D eigenvalue weighted by Crippen LogP contribution is 2.16. The number of amides is 3. The smallest absolute Gasteiger partial charge is 0.305 e. The van der Waals surface area contributed by atoms with E-state index in [0.29, 0.717) is 11.3 Å². The predicted molar refractivity (Wildman–Crippen MR) is 99.2 cm³/mol. The second-order valence-corrected chi connectivity index (χ2v) is 5.75. The molecule has 136 valence electrons. The van der Waals surface area contributed by atoms with E-state index in [4.69, 9.17) is 4.42 Å². The molecular weight excluding hydrogens is 346 g/mol. The highest BCUT2D eigenvalue weighted by Gasteiger charge is 2.15. The molecule has 3 amide bonds. The van der Waals surface area contributed by atoms with Gasteiger partial charge in [-0.05, 0) is 43.3 Å². The average Bonchev–Trinajstić information content (AvgIpc) is 3.21.